The lowest BCUT2D eigenvalue weighted by Gasteiger charge is -2.15. The van der Waals surface area contributed by atoms with Crippen LogP contribution in [0.3, 0.4) is 0 Å². The first-order chi connectivity index (χ1) is 18.2. The van der Waals surface area contributed by atoms with Crippen molar-refractivity contribution in [1.82, 2.24) is 4.90 Å². The van der Waals surface area contributed by atoms with Crippen molar-refractivity contribution in [2.24, 2.45) is 0 Å². The number of carbonyl (C=O) groups excluding carboxylic acids is 4. The predicted molar refractivity (Wildman–Crippen MR) is 145 cm³/mol. The molecule has 0 saturated heterocycles. The number of benzene rings is 3. The molecule has 1 heterocycles. The van der Waals surface area contributed by atoms with E-state index in [0.717, 1.165) is 10.5 Å². The quantitative estimate of drug-likeness (QED) is 0.298. The van der Waals surface area contributed by atoms with Gasteiger partial charge < -0.3 is 15.4 Å². The minimum absolute atomic E-state index is 0.00738. The number of hydrogen-bond acceptors (Lipinski definition) is 6. The standard InChI is InChI=1S/C29H26ClN3O5/c1-18(2)38-29(37)21-9-6-10-23(17-21)32-26(34)20-11-13-22(14-12-20)31-25-24(30)27(35)33(28(25)36)16-15-19-7-4-3-5-8-19/h3-14,17-18,31H,15-16H2,1-2H3,(H,32,34). The molecule has 38 heavy (non-hydrogen) atoms. The van der Waals surface area contributed by atoms with Gasteiger partial charge in [-0.2, -0.15) is 0 Å². The fraction of sp³-hybridized carbons (Fsp3) is 0.172. The van der Waals surface area contributed by atoms with Gasteiger partial charge in [0.25, 0.3) is 17.7 Å². The molecular weight excluding hydrogens is 506 g/mol. The van der Waals surface area contributed by atoms with Gasteiger partial charge in [0.1, 0.15) is 10.7 Å². The molecule has 3 amide bonds. The number of anilines is 2. The van der Waals surface area contributed by atoms with Gasteiger partial charge in [-0.05, 0) is 68.3 Å². The maximum atomic E-state index is 12.9. The SMILES string of the molecule is CC(C)OC(=O)c1cccc(NC(=O)c2ccc(NC3=C(Cl)C(=O)N(CCc4ccccc4)C3=O)cc2)c1. The van der Waals surface area contributed by atoms with E-state index in [1.165, 1.54) is 0 Å². The average Bonchev–Trinajstić information content (AvgIpc) is 3.10. The number of rotatable bonds is 9. The van der Waals surface area contributed by atoms with Gasteiger partial charge in [-0.15, -0.1) is 0 Å². The molecule has 3 aromatic carbocycles. The number of carbonyl (C=O) groups is 4. The second-order valence-electron chi connectivity index (χ2n) is 8.88. The Balaban J connectivity index is 1.38. The van der Waals surface area contributed by atoms with Crippen LogP contribution in [0.5, 0.6) is 0 Å². The summed E-state index contributed by atoms with van der Waals surface area (Å²) in [6.45, 7) is 3.72. The summed E-state index contributed by atoms with van der Waals surface area (Å²) in [6, 6.07) is 22.4. The van der Waals surface area contributed by atoms with Crippen molar-refractivity contribution in [2.75, 3.05) is 17.2 Å². The molecular formula is C29H26ClN3O5. The van der Waals surface area contributed by atoms with E-state index in [1.807, 2.05) is 30.3 Å². The van der Waals surface area contributed by atoms with Crippen LogP contribution in [-0.2, 0) is 20.7 Å². The Labute approximate surface area is 225 Å². The third kappa shape index (κ3) is 6.27. The molecule has 0 atom stereocenters. The topological polar surface area (TPSA) is 105 Å². The van der Waals surface area contributed by atoms with E-state index in [-0.39, 0.29) is 29.3 Å². The van der Waals surface area contributed by atoms with E-state index in [2.05, 4.69) is 10.6 Å². The van der Waals surface area contributed by atoms with Gasteiger partial charge in [0.15, 0.2) is 0 Å². The minimum atomic E-state index is -0.550. The number of amides is 3. The monoisotopic (exact) mass is 531 g/mol. The molecule has 0 saturated carbocycles. The highest BCUT2D eigenvalue weighted by molar-refractivity contribution is 6.48. The Morgan fingerprint density at radius 3 is 2.26 bits per heavy atom. The van der Waals surface area contributed by atoms with Crippen LogP contribution in [-0.4, -0.2) is 41.2 Å². The molecule has 1 aliphatic rings. The molecule has 1 aliphatic heterocycles. The molecule has 194 valence electrons. The van der Waals surface area contributed by atoms with Crippen LogP contribution in [0.1, 0.15) is 40.1 Å². The lowest BCUT2D eigenvalue weighted by molar-refractivity contribution is -0.137. The Bertz CT molecular complexity index is 1400. The zero-order valence-electron chi connectivity index (χ0n) is 20.9. The third-order valence-corrected chi connectivity index (χ3v) is 6.04. The second-order valence-corrected chi connectivity index (χ2v) is 9.26. The Hall–Kier alpha value is -4.43. The van der Waals surface area contributed by atoms with Crippen LogP contribution in [0.2, 0.25) is 0 Å². The van der Waals surface area contributed by atoms with E-state index in [0.29, 0.717) is 28.9 Å². The van der Waals surface area contributed by atoms with E-state index >= 15 is 0 Å². The van der Waals surface area contributed by atoms with E-state index in [4.69, 9.17) is 16.3 Å². The first-order valence-corrected chi connectivity index (χ1v) is 12.4. The van der Waals surface area contributed by atoms with Crippen LogP contribution in [0.15, 0.2) is 89.6 Å². The van der Waals surface area contributed by atoms with Crippen molar-refractivity contribution in [3.63, 3.8) is 0 Å². The highest BCUT2D eigenvalue weighted by Crippen LogP contribution is 2.26. The second kappa shape index (κ2) is 11.7. The summed E-state index contributed by atoms with van der Waals surface area (Å²) in [7, 11) is 0. The minimum Gasteiger partial charge on any atom is -0.459 e. The number of esters is 1. The molecule has 8 nitrogen and oxygen atoms in total. The summed E-state index contributed by atoms with van der Waals surface area (Å²) >= 11 is 6.19. The lowest BCUT2D eigenvalue weighted by atomic mass is 10.1. The van der Waals surface area contributed by atoms with Gasteiger partial charge in [0.05, 0.1) is 11.7 Å². The van der Waals surface area contributed by atoms with Gasteiger partial charge >= 0.3 is 5.97 Å². The summed E-state index contributed by atoms with van der Waals surface area (Å²) in [5, 5.41) is 5.47. The number of nitrogens with one attached hydrogen (secondary N) is 2. The van der Waals surface area contributed by atoms with Gasteiger partial charge in [0, 0.05) is 23.5 Å². The van der Waals surface area contributed by atoms with E-state index < -0.39 is 17.8 Å². The lowest BCUT2D eigenvalue weighted by Crippen LogP contribution is -2.34. The summed E-state index contributed by atoms with van der Waals surface area (Å²) in [5.74, 6) is -1.92. The van der Waals surface area contributed by atoms with Gasteiger partial charge in [-0.3, -0.25) is 19.3 Å². The average molecular weight is 532 g/mol. The maximum absolute atomic E-state index is 12.9. The number of halogens is 1. The molecule has 0 aliphatic carbocycles. The van der Waals surface area contributed by atoms with Crippen molar-refractivity contribution >= 4 is 46.7 Å². The number of hydrogen-bond donors (Lipinski definition) is 2. The molecule has 4 rings (SSSR count). The number of nitrogens with zero attached hydrogens (tertiary/aromatic N) is 1. The van der Waals surface area contributed by atoms with Gasteiger partial charge in [-0.1, -0.05) is 48.0 Å². The van der Waals surface area contributed by atoms with Crippen molar-refractivity contribution < 1.29 is 23.9 Å². The normalized spacial score (nSPS) is 13.2. The molecule has 0 unspecified atom stereocenters. The summed E-state index contributed by atoms with van der Waals surface area (Å²) in [4.78, 5) is 51.4. The van der Waals surface area contributed by atoms with Gasteiger partial charge in [0.2, 0.25) is 0 Å². The number of ether oxygens (including phenoxy) is 1. The van der Waals surface area contributed by atoms with Crippen LogP contribution in [0, 0.1) is 0 Å². The van der Waals surface area contributed by atoms with Crippen molar-refractivity contribution in [1.29, 1.82) is 0 Å². The highest BCUT2D eigenvalue weighted by atomic mass is 35.5. The molecule has 9 heteroatoms. The zero-order chi connectivity index (χ0) is 27.2. The molecule has 0 fully saturated rings. The van der Waals surface area contributed by atoms with Crippen LogP contribution < -0.4 is 10.6 Å². The van der Waals surface area contributed by atoms with Crippen molar-refractivity contribution in [2.45, 2.75) is 26.4 Å². The maximum Gasteiger partial charge on any atom is 0.338 e. The fourth-order valence-electron chi connectivity index (χ4n) is 3.80. The van der Waals surface area contributed by atoms with Crippen molar-refractivity contribution in [3.8, 4) is 0 Å². The third-order valence-electron chi connectivity index (χ3n) is 5.69. The molecule has 0 aromatic heterocycles. The first kappa shape index (κ1) is 26.6. The molecule has 3 aromatic rings. The predicted octanol–water partition coefficient (Wildman–Crippen LogP) is 4.98. The highest BCUT2D eigenvalue weighted by Gasteiger charge is 2.37. The first-order valence-electron chi connectivity index (χ1n) is 12.0. The molecule has 0 spiro atoms. The summed E-state index contributed by atoms with van der Waals surface area (Å²) in [5.41, 5.74) is 2.60. The largest absolute Gasteiger partial charge is 0.459 e. The molecule has 0 bridgehead atoms. The molecule has 0 radical (unpaired) electrons. The van der Waals surface area contributed by atoms with Crippen LogP contribution in [0.25, 0.3) is 0 Å². The fourth-order valence-corrected chi connectivity index (χ4v) is 4.03. The molecule has 2 N–H and O–H groups in total. The number of imide groups is 1. The smallest absolute Gasteiger partial charge is 0.338 e. The van der Waals surface area contributed by atoms with Gasteiger partial charge in [-0.25, -0.2) is 4.79 Å². The van der Waals surface area contributed by atoms with Crippen LogP contribution in [0.4, 0.5) is 11.4 Å². The Morgan fingerprint density at radius 2 is 1.58 bits per heavy atom. The van der Waals surface area contributed by atoms with Crippen LogP contribution >= 0.6 is 11.6 Å². The Morgan fingerprint density at radius 1 is 0.868 bits per heavy atom. The Kier molecular flexibility index (Phi) is 8.23. The zero-order valence-corrected chi connectivity index (χ0v) is 21.6. The summed E-state index contributed by atoms with van der Waals surface area (Å²) < 4.78 is 5.19. The van der Waals surface area contributed by atoms with E-state index in [1.54, 1.807) is 62.4 Å². The summed E-state index contributed by atoms with van der Waals surface area (Å²) in [6.07, 6.45) is 0.259. The van der Waals surface area contributed by atoms with Crippen molar-refractivity contribution in [3.05, 3.63) is 106 Å². The van der Waals surface area contributed by atoms with E-state index in [9.17, 15) is 19.2 Å².